The lowest BCUT2D eigenvalue weighted by Gasteiger charge is -1.99. The average Bonchev–Trinajstić information content (AvgIpc) is 3.02. The lowest BCUT2D eigenvalue weighted by molar-refractivity contribution is 0.423. The van der Waals surface area contributed by atoms with Crippen molar-refractivity contribution in [2.75, 3.05) is 5.73 Å². The van der Waals surface area contributed by atoms with Gasteiger partial charge in [-0.15, -0.1) is 11.3 Å². The van der Waals surface area contributed by atoms with Crippen LogP contribution in [0.5, 0.6) is 0 Å². The molecule has 20 heavy (non-hydrogen) atoms. The molecule has 2 heterocycles. The fourth-order valence-corrected chi connectivity index (χ4v) is 2.41. The van der Waals surface area contributed by atoms with Crippen molar-refractivity contribution in [3.63, 3.8) is 0 Å². The second-order valence-corrected chi connectivity index (χ2v) is 5.34. The normalized spacial score (nSPS) is 10.9. The molecule has 0 aliphatic heterocycles. The topological polar surface area (TPSA) is 77.8 Å². The molecule has 0 unspecified atom stereocenters. The molecular weight excluding hydrogens is 279 g/mol. The molecule has 3 aromatic rings. The summed E-state index contributed by atoms with van der Waals surface area (Å²) >= 11 is 1.56. The van der Waals surface area contributed by atoms with E-state index in [1.54, 1.807) is 11.3 Å². The molecule has 5 nitrogen and oxygen atoms in total. The van der Waals surface area contributed by atoms with Gasteiger partial charge in [-0.1, -0.05) is 5.16 Å². The number of nitrogens with zero attached hydrogens (tertiary/aromatic N) is 3. The molecular formula is C13H11FN4OS. The molecule has 0 saturated carbocycles. The maximum Gasteiger partial charge on any atom is 0.260 e. The van der Waals surface area contributed by atoms with Crippen LogP contribution in [0.4, 0.5) is 10.1 Å². The van der Waals surface area contributed by atoms with Crippen LogP contribution in [0.15, 0.2) is 28.1 Å². The Hall–Kier alpha value is -2.28. The Morgan fingerprint density at radius 2 is 2.20 bits per heavy atom. The third kappa shape index (κ3) is 2.53. The molecule has 0 fully saturated rings. The SMILES string of the molecule is Cc1nc(Cc2noc(-c3cc(F)ccc3N)n2)cs1. The van der Waals surface area contributed by atoms with E-state index < -0.39 is 5.82 Å². The minimum Gasteiger partial charge on any atom is -0.398 e. The average molecular weight is 290 g/mol. The Balaban J connectivity index is 1.88. The van der Waals surface area contributed by atoms with Crippen molar-refractivity contribution in [3.05, 3.63) is 45.9 Å². The summed E-state index contributed by atoms with van der Waals surface area (Å²) in [5.41, 5.74) is 7.46. The number of nitrogen functional groups attached to an aromatic ring is 1. The number of halogens is 1. The van der Waals surface area contributed by atoms with Crippen LogP contribution in [-0.4, -0.2) is 15.1 Å². The molecule has 3 rings (SSSR count). The number of benzene rings is 1. The highest BCUT2D eigenvalue weighted by molar-refractivity contribution is 7.09. The van der Waals surface area contributed by atoms with E-state index in [0.717, 1.165) is 10.7 Å². The van der Waals surface area contributed by atoms with E-state index in [4.69, 9.17) is 10.3 Å². The van der Waals surface area contributed by atoms with Crippen molar-refractivity contribution in [1.29, 1.82) is 0 Å². The Morgan fingerprint density at radius 1 is 1.35 bits per heavy atom. The van der Waals surface area contributed by atoms with E-state index in [1.807, 2.05) is 12.3 Å². The Kier molecular flexibility index (Phi) is 3.19. The first-order valence-corrected chi connectivity index (χ1v) is 6.79. The highest BCUT2D eigenvalue weighted by atomic mass is 32.1. The van der Waals surface area contributed by atoms with Crippen LogP contribution in [-0.2, 0) is 6.42 Å². The van der Waals surface area contributed by atoms with Crippen LogP contribution in [0.1, 0.15) is 16.5 Å². The number of aryl methyl sites for hydroxylation is 1. The monoisotopic (exact) mass is 290 g/mol. The summed E-state index contributed by atoms with van der Waals surface area (Å²) in [5, 5.41) is 6.80. The van der Waals surface area contributed by atoms with Gasteiger partial charge in [0.1, 0.15) is 5.82 Å². The minimum absolute atomic E-state index is 0.212. The van der Waals surface area contributed by atoms with Gasteiger partial charge in [0.2, 0.25) is 0 Å². The van der Waals surface area contributed by atoms with Crippen LogP contribution in [0.3, 0.4) is 0 Å². The molecule has 2 N–H and O–H groups in total. The Bertz CT molecular complexity index is 752. The summed E-state index contributed by atoms with van der Waals surface area (Å²) in [6.07, 6.45) is 0.475. The van der Waals surface area contributed by atoms with Gasteiger partial charge in [0.05, 0.1) is 22.7 Å². The first-order chi connectivity index (χ1) is 9.61. The van der Waals surface area contributed by atoms with Crippen LogP contribution < -0.4 is 5.73 Å². The maximum atomic E-state index is 13.2. The predicted octanol–water partition coefficient (Wildman–Crippen LogP) is 2.81. The van der Waals surface area contributed by atoms with E-state index in [1.165, 1.54) is 18.2 Å². The second-order valence-electron chi connectivity index (χ2n) is 4.28. The highest BCUT2D eigenvalue weighted by Crippen LogP contribution is 2.25. The fraction of sp³-hybridized carbons (Fsp3) is 0.154. The summed E-state index contributed by atoms with van der Waals surface area (Å²) < 4.78 is 18.4. The number of anilines is 1. The largest absolute Gasteiger partial charge is 0.398 e. The summed E-state index contributed by atoms with van der Waals surface area (Å²) in [6, 6.07) is 4.03. The zero-order valence-electron chi connectivity index (χ0n) is 10.6. The van der Waals surface area contributed by atoms with Gasteiger partial charge in [-0.2, -0.15) is 4.98 Å². The highest BCUT2D eigenvalue weighted by Gasteiger charge is 2.13. The van der Waals surface area contributed by atoms with E-state index in [9.17, 15) is 4.39 Å². The molecule has 0 saturated heterocycles. The smallest absolute Gasteiger partial charge is 0.260 e. The molecule has 7 heteroatoms. The number of rotatable bonds is 3. The first-order valence-electron chi connectivity index (χ1n) is 5.91. The zero-order valence-corrected chi connectivity index (χ0v) is 11.4. The predicted molar refractivity (Wildman–Crippen MR) is 73.8 cm³/mol. The lowest BCUT2D eigenvalue weighted by Crippen LogP contribution is -1.93. The minimum atomic E-state index is -0.399. The van der Waals surface area contributed by atoms with E-state index in [2.05, 4.69) is 15.1 Å². The van der Waals surface area contributed by atoms with Gasteiger partial charge >= 0.3 is 0 Å². The standard InChI is InChI=1S/C13H11FN4OS/c1-7-16-9(6-20-7)5-12-17-13(19-18-12)10-4-8(14)2-3-11(10)15/h2-4,6H,5,15H2,1H3. The Labute approximate surface area is 118 Å². The van der Waals surface area contributed by atoms with Gasteiger partial charge in [-0.25, -0.2) is 9.37 Å². The second kappa shape index (κ2) is 5.01. The third-order valence-electron chi connectivity index (χ3n) is 2.72. The molecule has 0 amide bonds. The first kappa shape index (κ1) is 12.7. The van der Waals surface area contributed by atoms with Crippen molar-refractivity contribution < 1.29 is 8.91 Å². The summed E-state index contributed by atoms with van der Waals surface area (Å²) in [6.45, 7) is 1.93. The van der Waals surface area contributed by atoms with Gasteiger partial charge in [-0.05, 0) is 25.1 Å². The van der Waals surface area contributed by atoms with E-state index in [0.29, 0.717) is 23.5 Å². The zero-order chi connectivity index (χ0) is 14.1. The lowest BCUT2D eigenvalue weighted by atomic mass is 10.2. The summed E-state index contributed by atoms with van der Waals surface area (Å²) in [4.78, 5) is 8.56. The molecule has 0 radical (unpaired) electrons. The quantitative estimate of drug-likeness (QED) is 0.750. The van der Waals surface area contributed by atoms with Crippen molar-refractivity contribution in [2.45, 2.75) is 13.3 Å². The maximum absolute atomic E-state index is 13.2. The van der Waals surface area contributed by atoms with Crippen LogP contribution >= 0.6 is 11.3 Å². The Morgan fingerprint density at radius 3 is 2.95 bits per heavy atom. The van der Waals surface area contributed by atoms with Crippen LogP contribution in [0.2, 0.25) is 0 Å². The van der Waals surface area contributed by atoms with Crippen molar-refractivity contribution in [2.24, 2.45) is 0 Å². The van der Waals surface area contributed by atoms with Gasteiger partial charge in [0, 0.05) is 11.1 Å². The molecule has 0 aliphatic rings. The van der Waals surface area contributed by atoms with Crippen LogP contribution in [0, 0.1) is 12.7 Å². The molecule has 0 aliphatic carbocycles. The number of nitrogens with two attached hydrogens (primary N) is 1. The number of thiazole rings is 1. The van der Waals surface area contributed by atoms with Crippen molar-refractivity contribution >= 4 is 17.0 Å². The molecule has 0 spiro atoms. The number of hydrogen-bond acceptors (Lipinski definition) is 6. The molecule has 0 bridgehead atoms. The number of hydrogen-bond donors (Lipinski definition) is 1. The van der Waals surface area contributed by atoms with E-state index >= 15 is 0 Å². The molecule has 1 aromatic carbocycles. The van der Waals surface area contributed by atoms with Gasteiger partial charge < -0.3 is 10.3 Å². The molecule has 0 atom stereocenters. The van der Waals surface area contributed by atoms with Gasteiger partial charge in [-0.3, -0.25) is 0 Å². The third-order valence-corrected chi connectivity index (χ3v) is 3.54. The van der Waals surface area contributed by atoms with E-state index in [-0.39, 0.29) is 5.89 Å². The van der Waals surface area contributed by atoms with Crippen LogP contribution in [0.25, 0.3) is 11.5 Å². The van der Waals surface area contributed by atoms with Gasteiger partial charge in [0.15, 0.2) is 5.82 Å². The molecule has 2 aromatic heterocycles. The summed E-state index contributed by atoms with van der Waals surface area (Å²) in [5.74, 6) is 0.307. The fourth-order valence-electron chi connectivity index (χ4n) is 1.80. The summed E-state index contributed by atoms with van der Waals surface area (Å²) in [7, 11) is 0. The number of aromatic nitrogens is 3. The van der Waals surface area contributed by atoms with Gasteiger partial charge in [0.25, 0.3) is 5.89 Å². The van der Waals surface area contributed by atoms with Crippen molar-refractivity contribution in [1.82, 2.24) is 15.1 Å². The molecule has 102 valence electrons. The van der Waals surface area contributed by atoms with Crippen molar-refractivity contribution in [3.8, 4) is 11.5 Å².